The van der Waals surface area contributed by atoms with Gasteiger partial charge in [0.2, 0.25) is 0 Å². The Hall–Kier alpha value is -3.95. The first-order chi connectivity index (χ1) is 19.7. The molecule has 5 rings (SSSR count). The van der Waals surface area contributed by atoms with Crippen molar-refractivity contribution in [1.82, 2.24) is 30.8 Å². The Bertz CT molecular complexity index is 1300. The molecule has 1 aliphatic heterocycles. The number of hydrogen-bond donors (Lipinski definition) is 4. The van der Waals surface area contributed by atoms with Gasteiger partial charge in [-0.05, 0) is 78.4 Å². The number of aromatic carboxylic acids is 2. The molecule has 0 bridgehead atoms. The molecular formula is C26H31BrF2N8O4. The third-order valence-electron chi connectivity index (χ3n) is 5.86. The number of nitrogens with one attached hydrogen (secondary N) is 2. The molecule has 0 saturated heterocycles. The van der Waals surface area contributed by atoms with Gasteiger partial charge in [-0.3, -0.25) is 9.98 Å². The van der Waals surface area contributed by atoms with E-state index in [1.54, 1.807) is 12.4 Å². The molecule has 0 unspecified atom stereocenters. The maximum absolute atomic E-state index is 12.9. The lowest BCUT2D eigenvalue weighted by atomic mass is 9.91. The van der Waals surface area contributed by atoms with Gasteiger partial charge in [-0.25, -0.2) is 18.4 Å². The number of likely N-dealkylation sites (N-methyl/N-ethyl adjacent to an activating group) is 2. The lowest BCUT2D eigenvalue weighted by molar-refractivity contribution is 0.0685. The third-order valence-corrected chi connectivity index (χ3v) is 6.52. The second kappa shape index (κ2) is 17.7. The minimum absolute atomic E-state index is 0.0417. The van der Waals surface area contributed by atoms with E-state index < -0.39 is 23.6 Å². The average molecular weight is 637 g/mol. The quantitative estimate of drug-likeness (QED) is 0.327. The van der Waals surface area contributed by atoms with E-state index in [-0.39, 0.29) is 21.3 Å². The van der Waals surface area contributed by atoms with Crippen LogP contribution in [0.25, 0.3) is 5.69 Å². The zero-order chi connectivity index (χ0) is 30.2. The molecule has 12 nitrogen and oxygen atoms in total. The molecule has 1 fully saturated rings. The topological polar surface area (TPSA) is 167 Å². The van der Waals surface area contributed by atoms with E-state index >= 15 is 0 Å². The molecule has 1 aliphatic carbocycles. The number of hydrogen-bond acceptors (Lipinski definition) is 9. The van der Waals surface area contributed by atoms with Crippen LogP contribution < -0.4 is 10.6 Å². The van der Waals surface area contributed by atoms with E-state index in [2.05, 4.69) is 66.1 Å². The summed E-state index contributed by atoms with van der Waals surface area (Å²) >= 11 is 2.93. The van der Waals surface area contributed by atoms with Gasteiger partial charge >= 0.3 is 11.9 Å². The highest BCUT2D eigenvalue weighted by molar-refractivity contribution is 9.10. The summed E-state index contributed by atoms with van der Waals surface area (Å²) in [7, 11) is 4.11. The minimum atomic E-state index is -1.18. The maximum atomic E-state index is 12.9. The third kappa shape index (κ3) is 11.2. The fourth-order valence-corrected chi connectivity index (χ4v) is 4.37. The number of nitrogens with zero attached hydrogens (tertiary/aromatic N) is 6. The standard InChI is InChI=1S/C8H5FN4O2.C8H18N2.C7H4BrFO2.C3H4N2/c9-5-1-2-6(8(14)15)7(3-5)13-11-4-10-12-13;1-9-7-5-3-4-6-8(7)10-2;8-6-3-4(9)1-2-5(6)7(10)11;1-2-5-3-4-1/h1-4H,(H,14,15);7-10H,3-6H2,1-2H3;1-3H,(H,10,11);1-2H,3H2/t;7-,8+;;. The highest BCUT2D eigenvalue weighted by Crippen LogP contribution is 2.18. The van der Waals surface area contributed by atoms with Crippen LogP contribution in [0.1, 0.15) is 46.4 Å². The van der Waals surface area contributed by atoms with Gasteiger partial charge < -0.3 is 20.8 Å². The Morgan fingerprint density at radius 2 is 1.44 bits per heavy atom. The number of tetrazole rings is 1. The smallest absolute Gasteiger partial charge is 0.337 e. The Kier molecular flexibility index (Phi) is 14.3. The lowest BCUT2D eigenvalue weighted by Crippen LogP contribution is -2.47. The monoisotopic (exact) mass is 636 g/mol. The summed E-state index contributed by atoms with van der Waals surface area (Å²) in [5.74, 6) is -3.27. The summed E-state index contributed by atoms with van der Waals surface area (Å²) in [5, 5.41) is 34.6. The van der Waals surface area contributed by atoms with Crippen molar-refractivity contribution in [3.05, 3.63) is 70.0 Å². The van der Waals surface area contributed by atoms with Crippen LogP contribution in [0.2, 0.25) is 0 Å². The number of aliphatic imine (C=N–C) groups is 2. The SMILES string of the molecule is C1=NCN=C1.CN[C@H]1CCCC[C@H]1NC.O=C(O)c1ccc(F)cc1-n1ncnn1.O=C(O)c1ccc(F)cc1Br. The zero-order valence-electron chi connectivity index (χ0n) is 22.4. The van der Waals surface area contributed by atoms with Gasteiger partial charge in [-0.2, -0.15) is 0 Å². The van der Waals surface area contributed by atoms with E-state index in [9.17, 15) is 18.4 Å². The molecule has 2 atom stereocenters. The number of carboxylic acids is 2. The fourth-order valence-electron chi connectivity index (χ4n) is 3.85. The van der Waals surface area contributed by atoms with Crippen LogP contribution in [0.3, 0.4) is 0 Å². The molecule has 0 radical (unpaired) electrons. The largest absolute Gasteiger partial charge is 0.478 e. The summed E-state index contributed by atoms with van der Waals surface area (Å²) in [6.07, 6.45) is 9.98. The molecular weight excluding hydrogens is 606 g/mol. The number of carbonyl (C=O) groups is 2. The first-order valence-corrected chi connectivity index (χ1v) is 13.2. The average Bonchev–Trinajstić information content (AvgIpc) is 3.71. The van der Waals surface area contributed by atoms with Gasteiger partial charge in [0, 0.05) is 35.1 Å². The second-order valence-corrected chi connectivity index (χ2v) is 9.36. The van der Waals surface area contributed by atoms with Gasteiger partial charge in [-0.15, -0.1) is 15.0 Å². The van der Waals surface area contributed by atoms with Crippen LogP contribution in [0, 0.1) is 11.6 Å². The Morgan fingerprint density at radius 1 is 0.902 bits per heavy atom. The first kappa shape index (κ1) is 33.3. The minimum Gasteiger partial charge on any atom is -0.478 e. The van der Waals surface area contributed by atoms with E-state index in [1.165, 1.54) is 31.7 Å². The van der Waals surface area contributed by atoms with E-state index in [1.807, 2.05) is 0 Å². The molecule has 3 aromatic rings. The van der Waals surface area contributed by atoms with Crippen LogP contribution >= 0.6 is 15.9 Å². The van der Waals surface area contributed by atoms with Crippen molar-refractivity contribution in [2.45, 2.75) is 37.8 Å². The van der Waals surface area contributed by atoms with Crippen LogP contribution in [0.4, 0.5) is 8.78 Å². The zero-order valence-corrected chi connectivity index (χ0v) is 24.0. The Labute approximate surface area is 243 Å². The van der Waals surface area contributed by atoms with Crippen molar-refractivity contribution in [3.8, 4) is 5.69 Å². The highest BCUT2D eigenvalue weighted by Gasteiger charge is 2.21. The van der Waals surface area contributed by atoms with Crippen molar-refractivity contribution in [2.24, 2.45) is 9.98 Å². The van der Waals surface area contributed by atoms with Crippen molar-refractivity contribution in [1.29, 1.82) is 0 Å². The van der Waals surface area contributed by atoms with Crippen molar-refractivity contribution in [2.75, 3.05) is 20.8 Å². The van der Waals surface area contributed by atoms with Crippen molar-refractivity contribution in [3.63, 3.8) is 0 Å². The summed E-state index contributed by atoms with van der Waals surface area (Å²) in [6.45, 7) is 0.639. The fraction of sp³-hybridized carbons (Fsp3) is 0.346. The molecule has 0 spiro atoms. The number of benzene rings is 2. The van der Waals surface area contributed by atoms with Gasteiger partial charge in [0.15, 0.2) is 6.33 Å². The predicted octanol–water partition coefficient (Wildman–Crippen LogP) is 3.62. The molecule has 15 heteroatoms. The lowest BCUT2D eigenvalue weighted by Gasteiger charge is -2.30. The summed E-state index contributed by atoms with van der Waals surface area (Å²) in [4.78, 5) is 29.6. The number of aromatic nitrogens is 4. The Morgan fingerprint density at radius 3 is 1.85 bits per heavy atom. The van der Waals surface area contributed by atoms with Crippen LogP contribution in [0.5, 0.6) is 0 Å². The molecule has 4 N–H and O–H groups in total. The summed E-state index contributed by atoms with van der Waals surface area (Å²) < 4.78 is 25.6. The molecule has 2 aromatic carbocycles. The van der Waals surface area contributed by atoms with Crippen LogP contribution in [0.15, 0.2) is 57.2 Å². The van der Waals surface area contributed by atoms with Gasteiger partial charge in [0.05, 0.1) is 11.1 Å². The molecule has 0 amide bonds. The maximum Gasteiger partial charge on any atom is 0.337 e. The van der Waals surface area contributed by atoms with Crippen LogP contribution in [-0.2, 0) is 0 Å². The van der Waals surface area contributed by atoms with Crippen LogP contribution in [-0.4, -0.2) is 87.6 Å². The first-order valence-electron chi connectivity index (χ1n) is 12.4. The summed E-state index contributed by atoms with van der Waals surface area (Å²) in [6, 6.07) is 8.09. The molecule has 2 heterocycles. The van der Waals surface area contributed by atoms with E-state index in [0.29, 0.717) is 18.8 Å². The number of carboxylic acid groups (broad SMARTS) is 2. The highest BCUT2D eigenvalue weighted by atomic mass is 79.9. The van der Waals surface area contributed by atoms with E-state index in [0.717, 1.165) is 41.5 Å². The molecule has 1 aromatic heterocycles. The Balaban J connectivity index is 0.000000202. The van der Waals surface area contributed by atoms with E-state index in [4.69, 9.17) is 10.2 Å². The molecule has 220 valence electrons. The second-order valence-electron chi connectivity index (χ2n) is 8.50. The number of rotatable bonds is 5. The van der Waals surface area contributed by atoms with Gasteiger partial charge in [0.25, 0.3) is 0 Å². The molecule has 1 saturated carbocycles. The number of halogens is 3. The molecule has 41 heavy (non-hydrogen) atoms. The van der Waals surface area contributed by atoms with Gasteiger partial charge in [0.1, 0.15) is 24.0 Å². The van der Waals surface area contributed by atoms with Gasteiger partial charge in [-0.1, -0.05) is 12.8 Å². The molecule has 2 aliphatic rings. The summed E-state index contributed by atoms with van der Waals surface area (Å²) in [5.41, 5.74) is 0.0146. The normalized spacial score (nSPS) is 16.8. The predicted molar refractivity (Wildman–Crippen MR) is 153 cm³/mol. The van der Waals surface area contributed by atoms with Crippen molar-refractivity contribution < 1.29 is 28.6 Å². The van der Waals surface area contributed by atoms with Crippen molar-refractivity contribution >= 4 is 40.3 Å².